The van der Waals surface area contributed by atoms with Crippen LogP contribution < -0.4 is 16.0 Å². The SMILES string of the molecule is CC[N+](CC)(CC)CCCN1C(=CC=CC2=[N+](CCC(=O)NCCC[N+](C)(C)CCCN)c3c(C)cccc3C2(C)C)C(C)(C)c2ccccc21. The number of fused-ring (bicyclic) bond motifs is 2. The Balaban J connectivity index is 1.58. The van der Waals surface area contributed by atoms with E-state index in [1.54, 1.807) is 0 Å². The maximum Gasteiger partial charge on any atom is 0.226 e. The maximum absolute atomic E-state index is 13.2. The van der Waals surface area contributed by atoms with Crippen LogP contribution >= 0.6 is 0 Å². The van der Waals surface area contributed by atoms with E-state index in [0.29, 0.717) is 19.5 Å². The van der Waals surface area contributed by atoms with Crippen LogP contribution in [0.2, 0.25) is 0 Å². The van der Waals surface area contributed by atoms with Gasteiger partial charge in [0.15, 0.2) is 12.3 Å². The molecular formula is C44H71N6O+3. The monoisotopic (exact) mass is 700 g/mol. The molecule has 2 aliphatic heterocycles. The van der Waals surface area contributed by atoms with Crippen molar-refractivity contribution in [2.45, 2.75) is 91.9 Å². The van der Waals surface area contributed by atoms with Gasteiger partial charge in [-0.05, 0) is 65.8 Å². The van der Waals surface area contributed by atoms with E-state index < -0.39 is 0 Å². The number of rotatable bonds is 19. The molecule has 0 radical (unpaired) electrons. The first-order valence-electron chi connectivity index (χ1n) is 19.8. The number of para-hydroxylation sites is 2. The summed E-state index contributed by atoms with van der Waals surface area (Å²) >= 11 is 0. The molecule has 0 saturated carbocycles. The van der Waals surface area contributed by atoms with Crippen LogP contribution in [0.4, 0.5) is 11.4 Å². The number of amides is 1. The molecule has 0 aromatic heterocycles. The number of nitrogens with zero attached hydrogens (tertiary/aromatic N) is 4. The number of benzene rings is 2. The van der Waals surface area contributed by atoms with Gasteiger partial charge in [-0.15, -0.1) is 0 Å². The number of hydrogen-bond donors (Lipinski definition) is 2. The third kappa shape index (κ3) is 9.04. The van der Waals surface area contributed by atoms with Crippen molar-refractivity contribution >= 4 is 23.0 Å². The second-order valence-corrected chi connectivity index (χ2v) is 16.7. The third-order valence-corrected chi connectivity index (χ3v) is 12.2. The minimum Gasteiger partial charge on any atom is -0.356 e. The van der Waals surface area contributed by atoms with E-state index in [1.165, 1.54) is 70.1 Å². The van der Waals surface area contributed by atoms with Gasteiger partial charge in [0.2, 0.25) is 11.6 Å². The van der Waals surface area contributed by atoms with Crippen molar-refractivity contribution in [2.75, 3.05) is 84.4 Å². The summed E-state index contributed by atoms with van der Waals surface area (Å²) in [6, 6.07) is 15.6. The first-order chi connectivity index (χ1) is 24.2. The summed E-state index contributed by atoms with van der Waals surface area (Å²) < 4.78 is 4.52. The van der Waals surface area contributed by atoms with Crippen LogP contribution in [0, 0.1) is 6.92 Å². The van der Waals surface area contributed by atoms with Gasteiger partial charge in [-0.3, -0.25) is 4.79 Å². The third-order valence-electron chi connectivity index (χ3n) is 12.2. The fourth-order valence-electron chi connectivity index (χ4n) is 8.64. The largest absolute Gasteiger partial charge is 0.356 e. The fraction of sp³-hybridized carbons (Fsp3) is 0.591. The molecule has 0 aliphatic carbocycles. The van der Waals surface area contributed by atoms with E-state index in [4.69, 9.17) is 5.73 Å². The van der Waals surface area contributed by atoms with Gasteiger partial charge < -0.3 is 24.9 Å². The van der Waals surface area contributed by atoms with Crippen molar-refractivity contribution in [3.63, 3.8) is 0 Å². The Kier molecular flexibility index (Phi) is 13.5. The van der Waals surface area contributed by atoms with Crippen LogP contribution in [-0.4, -0.2) is 105 Å². The molecule has 0 unspecified atom stereocenters. The predicted molar refractivity (Wildman–Crippen MR) is 217 cm³/mol. The van der Waals surface area contributed by atoms with Gasteiger partial charge in [0.1, 0.15) is 0 Å². The van der Waals surface area contributed by atoms with Crippen molar-refractivity contribution in [1.82, 2.24) is 5.32 Å². The number of carbonyl (C=O) groups is 1. The molecule has 0 bridgehead atoms. The van der Waals surface area contributed by atoms with Gasteiger partial charge in [-0.1, -0.05) is 56.3 Å². The molecule has 0 spiro atoms. The molecule has 3 N–H and O–H groups in total. The molecule has 2 heterocycles. The highest BCUT2D eigenvalue weighted by molar-refractivity contribution is 6.03. The van der Waals surface area contributed by atoms with E-state index in [-0.39, 0.29) is 16.7 Å². The molecular weight excluding hydrogens is 629 g/mol. The molecule has 51 heavy (non-hydrogen) atoms. The summed E-state index contributed by atoms with van der Waals surface area (Å²) in [6.45, 7) is 28.5. The maximum atomic E-state index is 13.2. The van der Waals surface area contributed by atoms with Crippen LogP contribution in [0.25, 0.3) is 0 Å². The standard InChI is InChI=1S/C44H70N6O/c1-11-50(12-2,13-3)34-20-30-47-38-24-15-14-22-36(38)43(5,6)39(47)25-17-26-40-44(7,8)37-23-16-21-35(4)42(37)48(40)31-27-41(51)46-29-19-33-49(9,10)32-18-28-45/h14-17,21-26H,11-13,18-20,27-34,45H2,1-10H3/q+2/p+1. The first-order valence-corrected chi connectivity index (χ1v) is 19.8. The van der Waals surface area contributed by atoms with Crippen LogP contribution in [0.15, 0.2) is 66.4 Å². The quantitative estimate of drug-likeness (QED) is 0.0927. The molecule has 0 fully saturated rings. The zero-order valence-electron chi connectivity index (χ0n) is 33.9. The van der Waals surface area contributed by atoms with Crippen molar-refractivity contribution in [3.05, 3.63) is 83.1 Å². The summed E-state index contributed by atoms with van der Waals surface area (Å²) in [5, 5.41) is 3.21. The number of quaternary nitrogens is 2. The van der Waals surface area contributed by atoms with Crippen molar-refractivity contribution in [1.29, 1.82) is 0 Å². The molecule has 2 aliphatic rings. The van der Waals surface area contributed by atoms with Gasteiger partial charge in [-0.25, -0.2) is 0 Å². The predicted octanol–water partition coefficient (Wildman–Crippen LogP) is 7.20. The van der Waals surface area contributed by atoms with E-state index in [2.05, 4.69) is 145 Å². The Morgan fingerprint density at radius 1 is 0.882 bits per heavy atom. The minimum atomic E-state index is -0.185. The summed E-state index contributed by atoms with van der Waals surface area (Å²) in [7, 11) is 4.49. The lowest BCUT2D eigenvalue weighted by Crippen LogP contribution is -2.48. The van der Waals surface area contributed by atoms with Gasteiger partial charge >= 0.3 is 0 Å². The number of nitrogens with one attached hydrogen (secondary N) is 1. The smallest absolute Gasteiger partial charge is 0.226 e. The Morgan fingerprint density at radius 3 is 2.24 bits per heavy atom. The molecule has 0 saturated heterocycles. The molecule has 4 rings (SSSR count). The average Bonchev–Trinajstić information content (AvgIpc) is 3.46. The summed E-state index contributed by atoms with van der Waals surface area (Å²) in [4.78, 5) is 15.8. The van der Waals surface area contributed by atoms with E-state index in [0.717, 1.165) is 49.9 Å². The van der Waals surface area contributed by atoms with E-state index in [1.807, 2.05) is 0 Å². The molecule has 2 aromatic rings. The van der Waals surface area contributed by atoms with Crippen LogP contribution in [0.5, 0.6) is 0 Å². The number of anilines is 1. The summed E-state index contributed by atoms with van der Waals surface area (Å²) in [5.41, 5.74) is 14.6. The molecule has 0 atom stereocenters. The Hall–Kier alpha value is -3.26. The topological polar surface area (TPSA) is 61.4 Å². The highest BCUT2D eigenvalue weighted by Gasteiger charge is 2.45. The number of aryl methyl sites for hydroxylation is 1. The van der Waals surface area contributed by atoms with Gasteiger partial charge in [0.25, 0.3) is 0 Å². The minimum absolute atomic E-state index is 0.0984. The van der Waals surface area contributed by atoms with E-state index in [9.17, 15) is 4.79 Å². The van der Waals surface area contributed by atoms with Crippen molar-refractivity contribution in [3.8, 4) is 0 Å². The normalized spacial score (nSPS) is 17.5. The second kappa shape index (κ2) is 17.0. The van der Waals surface area contributed by atoms with Gasteiger partial charge in [-0.2, -0.15) is 4.58 Å². The summed E-state index contributed by atoms with van der Waals surface area (Å²) in [5.74, 6) is 0.116. The Bertz CT molecular complexity index is 1580. The molecule has 2 aromatic carbocycles. The van der Waals surface area contributed by atoms with Crippen LogP contribution in [-0.2, 0) is 15.6 Å². The zero-order chi connectivity index (χ0) is 37.5. The lowest BCUT2D eigenvalue weighted by atomic mass is 9.80. The van der Waals surface area contributed by atoms with Gasteiger partial charge in [0, 0.05) is 66.4 Å². The molecule has 7 nitrogen and oxygen atoms in total. The van der Waals surface area contributed by atoms with Gasteiger partial charge in [0.05, 0.1) is 65.2 Å². The molecule has 1 amide bonds. The second-order valence-electron chi connectivity index (χ2n) is 16.7. The number of hydrogen-bond acceptors (Lipinski definition) is 3. The lowest BCUT2D eigenvalue weighted by molar-refractivity contribution is -0.923. The van der Waals surface area contributed by atoms with Crippen LogP contribution in [0.1, 0.15) is 90.8 Å². The number of nitrogens with two attached hydrogens (primary N) is 1. The van der Waals surface area contributed by atoms with Crippen LogP contribution in [0.3, 0.4) is 0 Å². The van der Waals surface area contributed by atoms with Crippen molar-refractivity contribution < 1.29 is 18.3 Å². The highest BCUT2D eigenvalue weighted by atomic mass is 16.1. The molecule has 7 heteroatoms. The highest BCUT2D eigenvalue weighted by Crippen LogP contribution is 2.48. The Labute approximate surface area is 311 Å². The average molecular weight is 700 g/mol. The number of allylic oxidation sites excluding steroid dienone is 4. The lowest BCUT2D eigenvalue weighted by Gasteiger charge is -2.36. The van der Waals surface area contributed by atoms with E-state index >= 15 is 0 Å². The fourth-order valence-corrected chi connectivity index (χ4v) is 8.64. The zero-order valence-corrected chi connectivity index (χ0v) is 33.9. The van der Waals surface area contributed by atoms with Crippen molar-refractivity contribution in [2.24, 2.45) is 5.73 Å². The molecule has 280 valence electrons. The Morgan fingerprint density at radius 2 is 1.55 bits per heavy atom. The first kappa shape index (κ1) is 40.5. The number of carbonyl (C=O) groups excluding carboxylic acids is 1. The summed E-state index contributed by atoms with van der Waals surface area (Å²) in [6.07, 6.45) is 10.5.